The van der Waals surface area contributed by atoms with Crippen LogP contribution in [0.15, 0.2) is 36.7 Å². The molecule has 1 fully saturated rings. The highest BCUT2D eigenvalue weighted by Crippen LogP contribution is 2.32. The van der Waals surface area contributed by atoms with Gasteiger partial charge in [0.25, 0.3) is 0 Å². The lowest BCUT2D eigenvalue weighted by Gasteiger charge is -2.25. The molecule has 1 aliphatic heterocycles. The molecule has 3 heterocycles. The van der Waals surface area contributed by atoms with Crippen molar-refractivity contribution in [2.24, 2.45) is 7.05 Å². The summed E-state index contributed by atoms with van der Waals surface area (Å²) in [5.41, 5.74) is 1.84. The molecule has 0 aromatic carbocycles. The van der Waals surface area contributed by atoms with E-state index in [1.165, 1.54) is 5.69 Å². The van der Waals surface area contributed by atoms with Gasteiger partial charge in [0.2, 0.25) is 5.88 Å². The number of aryl methyl sites for hydroxylation is 1. The van der Waals surface area contributed by atoms with Gasteiger partial charge in [0.05, 0.1) is 25.0 Å². The first-order chi connectivity index (χ1) is 10.7. The minimum absolute atomic E-state index is 0.0873. The number of carbonyl (C=O) groups is 1. The van der Waals surface area contributed by atoms with Gasteiger partial charge >= 0.3 is 6.03 Å². The minimum atomic E-state index is -0.0873. The molecule has 2 aromatic rings. The first-order valence-electron chi connectivity index (χ1n) is 7.38. The van der Waals surface area contributed by atoms with Crippen molar-refractivity contribution < 1.29 is 9.53 Å². The highest BCUT2D eigenvalue weighted by Gasteiger charge is 2.31. The van der Waals surface area contributed by atoms with Crippen LogP contribution in [0.4, 0.5) is 10.5 Å². The van der Waals surface area contributed by atoms with Crippen LogP contribution in [-0.2, 0) is 7.05 Å². The molecule has 2 aromatic heterocycles. The van der Waals surface area contributed by atoms with Crippen LogP contribution in [0.3, 0.4) is 0 Å². The number of nitrogens with zero attached hydrogens (tertiary/aromatic N) is 3. The molecule has 0 saturated carbocycles. The molecule has 1 N–H and O–H groups in total. The van der Waals surface area contributed by atoms with Crippen LogP contribution >= 0.6 is 0 Å². The Labute approximate surface area is 129 Å². The number of pyridine rings is 1. The summed E-state index contributed by atoms with van der Waals surface area (Å²) >= 11 is 0. The second kappa shape index (κ2) is 6.09. The number of urea groups is 1. The van der Waals surface area contributed by atoms with Gasteiger partial charge in [-0.15, -0.1) is 0 Å². The summed E-state index contributed by atoms with van der Waals surface area (Å²) in [6, 6.07) is 7.65. The van der Waals surface area contributed by atoms with Gasteiger partial charge in [0.1, 0.15) is 0 Å². The van der Waals surface area contributed by atoms with Crippen molar-refractivity contribution >= 4 is 11.7 Å². The van der Waals surface area contributed by atoms with Gasteiger partial charge in [-0.25, -0.2) is 9.78 Å². The number of hydrogen-bond donors (Lipinski definition) is 1. The van der Waals surface area contributed by atoms with E-state index in [1.54, 1.807) is 25.4 Å². The number of nitrogens with one attached hydrogen (secondary N) is 1. The third-order valence-electron chi connectivity index (χ3n) is 4.04. The molecular weight excluding hydrogens is 280 g/mol. The average Bonchev–Trinajstić information content (AvgIpc) is 3.16. The molecule has 0 bridgehead atoms. The lowest BCUT2D eigenvalue weighted by molar-refractivity contribution is 0.205. The smallest absolute Gasteiger partial charge is 0.322 e. The number of amides is 2. The van der Waals surface area contributed by atoms with Gasteiger partial charge in [-0.3, -0.25) is 0 Å². The minimum Gasteiger partial charge on any atom is -0.481 e. The maximum Gasteiger partial charge on any atom is 0.322 e. The predicted octanol–water partition coefficient (Wildman–Crippen LogP) is 2.80. The van der Waals surface area contributed by atoms with Crippen molar-refractivity contribution in [2.45, 2.75) is 18.9 Å². The van der Waals surface area contributed by atoms with Crippen LogP contribution in [0.5, 0.6) is 5.88 Å². The lowest BCUT2D eigenvalue weighted by Crippen LogP contribution is -2.35. The van der Waals surface area contributed by atoms with Gasteiger partial charge in [0.15, 0.2) is 0 Å². The number of likely N-dealkylation sites (tertiary alicyclic amines) is 1. The number of ether oxygens (including phenoxy) is 1. The predicted molar refractivity (Wildman–Crippen MR) is 83.9 cm³/mol. The van der Waals surface area contributed by atoms with E-state index in [4.69, 9.17) is 4.74 Å². The van der Waals surface area contributed by atoms with Crippen molar-refractivity contribution in [3.8, 4) is 5.88 Å². The fourth-order valence-electron chi connectivity index (χ4n) is 2.91. The molecule has 22 heavy (non-hydrogen) atoms. The highest BCUT2D eigenvalue weighted by molar-refractivity contribution is 5.89. The summed E-state index contributed by atoms with van der Waals surface area (Å²) in [5.74, 6) is 0.529. The second-order valence-corrected chi connectivity index (χ2v) is 5.41. The quantitative estimate of drug-likeness (QED) is 0.948. The van der Waals surface area contributed by atoms with Gasteiger partial charge in [-0.1, -0.05) is 0 Å². The Morgan fingerprint density at radius 2 is 2.27 bits per heavy atom. The maximum absolute atomic E-state index is 12.5. The molecule has 0 radical (unpaired) electrons. The Morgan fingerprint density at radius 3 is 2.91 bits per heavy atom. The third-order valence-corrected chi connectivity index (χ3v) is 4.04. The molecule has 1 atom stereocenters. The Morgan fingerprint density at radius 1 is 1.41 bits per heavy atom. The second-order valence-electron chi connectivity index (χ2n) is 5.41. The number of aromatic nitrogens is 2. The number of rotatable bonds is 3. The SMILES string of the molecule is COc1ccc(NC(=O)N2CCCC2c2cccn2C)cn1. The van der Waals surface area contributed by atoms with E-state index in [0.29, 0.717) is 11.6 Å². The van der Waals surface area contributed by atoms with Crippen molar-refractivity contribution in [1.82, 2.24) is 14.5 Å². The first-order valence-corrected chi connectivity index (χ1v) is 7.38. The first kappa shape index (κ1) is 14.4. The number of hydrogen-bond acceptors (Lipinski definition) is 3. The van der Waals surface area contributed by atoms with Crippen LogP contribution < -0.4 is 10.1 Å². The molecule has 6 heteroatoms. The Balaban J connectivity index is 1.72. The summed E-state index contributed by atoms with van der Waals surface area (Å²) in [4.78, 5) is 18.5. The van der Waals surface area contributed by atoms with E-state index < -0.39 is 0 Å². The monoisotopic (exact) mass is 300 g/mol. The van der Waals surface area contributed by atoms with Gasteiger partial charge in [0, 0.05) is 31.5 Å². The third kappa shape index (κ3) is 2.77. The molecule has 2 amide bonds. The van der Waals surface area contributed by atoms with Crippen molar-refractivity contribution in [2.75, 3.05) is 19.0 Å². The van der Waals surface area contributed by atoms with E-state index >= 15 is 0 Å². The average molecular weight is 300 g/mol. The van der Waals surface area contributed by atoms with Gasteiger partial charge < -0.3 is 19.5 Å². The molecule has 3 rings (SSSR count). The van der Waals surface area contributed by atoms with Crippen LogP contribution in [0.2, 0.25) is 0 Å². The number of methoxy groups -OCH3 is 1. The molecule has 6 nitrogen and oxygen atoms in total. The largest absolute Gasteiger partial charge is 0.481 e. The molecule has 1 saturated heterocycles. The summed E-state index contributed by atoms with van der Waals surface area (Å²) in [7, 11) is 3.58. The van der Waals surface area contributed by atoms with Crippen LogP contribution in [0.25, 0.3) is 0 Å². The van der Waals surface area contributed by atoms with Crippen molar-refractivity contribution in [3.05, 3.63) is 42.4 Å². The van der Waals surface area contributed by atoms with E-state index in [2.05, 4.69) is 20.9 Å². The van der Waals surface area contributed by atoms with Gasteiger partial charge in [-0.05, 0) is 31.0 Å². The topological polar surface area (TPSA) is 59.4 Å². The summed E-state index contributed by atoms with van der Waals surface area (Å²) in [5, 5.41) is 2.91. The summed E-state index contributed by atoms with van der Waals surface area (Å²) in [6.45, 7) is 0.769. The molecule has 1 unspecified atom stereocenters. The highest BCUT2D eigenvalue weighted by atomic mass is 16.5. The summed E-state index contributed by atoms with van der Waals surface area (Å²) < 4.78 is 7.09. The van der Waals surface area contributed by atoms with Crippen LogP contribution in [0, 0.1) is 0 Å². The van der Waals surface area contributed by atoms with E-state index in [9.17, 15) is 4.79 Å². The van der Waals surface area contributed by atoms with E-state index in [0.717, 1.165) is 19.4 Å². The fraction of sp³-hybridized carbons (Fsp3) is 0.375. The van der Waals surface area contributed by atoms with Crippen molar-refractivity contribution in [3.63, 3.8) is 0 Å². The Hall–Kier alpha value is -2.50. The molecule has 0 spiro atoms. The van der Waals surface area contributed by atoms with Crippen molar-refractivity contribution in [1.29, 1.82) is 0 Å². The summed E-state index contributed by atoms with van der Waals surface area (Å²) in [6.07, 6.45) is 5.62. The normalized spacial score (nSPS) is 17.5. The molecule has 116 valence electrons. The molecular formula is C16H20N4O2. The lowest BCUT2D eigenvalue weighted by atomic mass is 10.1. The standard InChI is InChI=1S/C16H20N4O2/c1-19-9-3-5-13(19)14-6-4-10-20(14)16(21)18-12-7-8-15(22-2)17-11-12/h3,5,7-9,11,14H,4,6,10H2,1-2H3,(H,18,21). The zero-order valence-corrected chi connectivity index (χ0v) is 12.8. The molecule has 1 aliphatic rings. The number of carbonyl (C=O) groups excluding carboxylic acids is 1. The van der Waals surface area contributed by atoms with Gasteiger partial charge in [-0.2, -0.15) is 0 Å². The zero-order valence-electron chi connectivity index (χ0n) is 12.8. The van der Waals surface area contributed by atoms with E-state index in [-0.39, 0.29) is 12.1 Å². The Kier molecular flexibility index (Phi) is 4.00. The number of anilines is 1. The zero-order chi connectivity index (χ0) is 15.5. The fourth-order valence-corrected chi connectivity index (χ4v) is 2.91. The maximum atomic E-state index is 12.5. The van der Waals surface area contributed by atoms with E-state index in [1.807, 2.05) is 24.2 Å². The van der Waals surface area contributed by atoms with Crippen LogP contribution in [0.1, 0.15) is 24.6 Å². The van der Waals surface area contributed by atoms with Crippen LogP contribution in [-0.4, -0.2) is 34.1 Å². The Bertz CT molecular complexity index is 650. The molecule has 0 aliphatic carbocycles.